The maximum atomic E-state index is 12.2. The van der Waals surface area contributed by atoms with Crippen LogP contribution in [0.5, 0.6) is 0 Å². The third-order valence-corrected chi connectivity index (χ3v) is 4.71. The number of hydrogen-bond acceptors (Lipinski definition) is 3. The predicted octanol–water partition coefficient (Wildman–Crippen LogP) is 3.33. The molecule has 0 radical (unpaired) electrons. The first-order valence-corrected chi connectivity index (χ1v) is 8.98. The molecule has 0 spiro atoms. The maximum Gasteiger partial charge on any atom is 0.317 e. The zero-order chi connectivity index (χ0) is 17.5. The third-order valence-electron chi connectivity index (χ3n) is 4.71. The minimum Gasteiger partial charge on any atom is -0.467 e. The molecule has 2 heterocycles. The second kappa shape index (κ2) is 8.72. The molecule has 1 aliphatic rings. The van der Waals surface area contributed by atoms with Crippen LogP contribution in [0.1, 0.15) is 24.2 Å². The zero-order valence-corrected chi connectivity index (χ0v) is 14.9. The summed E-state index contributed by atoms with van der Waals surface area (Å²) in [6.07, 6.45) is 3.99. The second-order valence-corrected chi connectivity index (χ2v) is 6.85. The summed E-state index contributed by atoms with van der Waals surface area (Å²) >= 11 is 0. The lowest BCUT2D eigenvalue weighted by Gasteiger charge is -2.33. The number of carbonyl (C=O) groups excluding carboxylic acids is 1. The lowest BCUT2D eigenvalue weighted by atomic mass is 9.97. The number of likely N-dealkylation sites (tertiary alicyclic amines) is 1. The van der Waals surface area contributed by atoms with Crippen molar-refractivity contribution in [3.05, 3.63) is 60.1 Å². The minimum atomic E-state index is -0.0448. The van der Waals surface area contributed by atoms with Crippen molar-refractivity contribution in [3.8, 4) is 0 Å². The fourth-order valence-electron chi connectivity index (χ4n) is 3.38. The van der Waals surface area contributed by atoms with Gasteiger partial charge < -0.3 is 14.6 Å². The molecule has 25 heavy (non-hydrogen) atoms. The standard InChI is InChI=1S/C20H27N3O2/c1-22(16-19-10-6-12-25-19)20(24)21-13-18-9-5-11-23(15-18)14-17-7-3-2-4-8-17/h2-4,6-8,10,12,18H,5,9,11,13-16H2,1H3,(H,21,24). The van der Waals surface area contributed by atoms with Gasteiger partial charge in [-0.05, 0) is 43.0 Å². The van der Waals surface area contributed by atoms with Crippen LogP contribution in [0.2, 0.25) is 0 Å². The number of urea groups is 1. The maximum absolute atomic E-state index is 12.2. The van der Waals surface area contributed by atoms with E-state index in [1.165, 1.54) is 18.4 Å². The summed E-state index contributed by atoms with van der Waals surface area (Å²) in [5.74, 6) is 1.31. The molecule has 1 aliphatic heterocycles. The van der Waals surface area contributed by atoms with Crippen molar-refractivity contribution < 1.29 is 9.21 Å². The Kier molecular flexibility index (Phi) is 6.12. The topological polar surface area (TPSA) is 48.7 Å². The minimum absolute atomic E-state index is 0.0448. The van der Waals surface area contributed by atoms with Gasteiger partial charge in [-0.15, -0.1) is 0 Å². The summed E-state index contributed by atoms with van der Waals surface area (Å²) in [6, 6.07) is 14.3. The lowest BCUT2D eigenvalue weighted by molar-refractivity contribution is 0.160. The largest absolute Gasteiger partial charge is 0.467 e. The number of carbonyl (C=O) groups is 1. The van der Waals surface area contributed by atoms with E-state index in [-0.39, 0.29) is 6.03 Å². The second-order valence-electron chi connectivity index (χ2n) is 6.85. The van der Waals surface area contributed by atoms with Crippen LogP contribution in [0, 0.1) is 5.92 Å². The van der Waals surface area contributed by atoms with E-state index < -0.39 is 0 Å². The highest BCUT2D eigenvalue weighted by molar-refractivity contribution is 5.73. The van der Waals surface area contributed by atoms with E-state index in [4.69, 9.17) is 4.42 Å². The van der Waals surface area contributed by atoms with E-state index in [9.17, 15) is 4.79 Å². The van der Waals surface area contributed by atoms with E-state index >= 15 is 0 Å². The van der Waals surface area contributed by atoms with Crippen molar-refractivity contribution in [2.45, 2.75) is 25.9 Å². The van der Waals surface area contributed by atoms with Gasteiger partial charge in [-0.1, -0.05) is 30.3 Å². The number of hydrogen-bond donors (Lipinski definition) is 1. The molecule has 2 amide bonds. The molecule has 3 rings (SSSR count). The summed E-state index contributed by atoms with van der Waals surface area (Å²) in [6.45, 7) is 4.38. The first kappa shape index (κ1) is 17.5. The average molecular weight is 341 g/mol. The van der Waals surface area contributed by atoms with Crippen molar-refractivity contribution in [2.24, 2.45) is 5.92 Å². The molecule has 1 aromatic heterocycles. The molecule has 2 aromatic rings. The van der Waals surface area contributed by atoms with E-state index in [2.05, 4.69) is 40.5 Å². The van der Waals surface area contributed by atoms with Gasteiger partial charge in [0.25, 0.3) is 0 Å². The molecular formula is C20H27N3O2. The molecule has 1 saturated heterocycles. The molecule has 0 aliphatic carbocycles. The van der Waals surface area contributed by atoms with Crippen molar-refractivity contribution in [3.63, 3.8) is 0 Å². The van der Waals surface area contributed by atoms with E-state index in [1.54, 1.807) is 18.2 Å². The number of rotatable bonds is 6. The molecular weight excluding hydrogens is 314 g/mol. The number of benzene rings is 1. The summed E-state index contributed by atoms with van der Waals surface area (Å²) in [5, 5.41) is 3.07. The molecule has 1 atom stereocenters. The molecule has 1 fully saturated rings. The monoisotopic (exact) mass is 341 g/mol. The van der Waals surface area contributed by atoms with Crippen LogP contribution in [0.25, 0.3) is 0 Å². The highest BCUT2D eigenvalue weighted by Crippen LogP contribution is 2.18. The third kappa shape index (κ3) is 5.36. The number of piperidine rings is 1. The first-order chi connectivity index (χ1) is 12.2. The van der Waals surface area contributed by atoms with Crippen molar-refractivity contribution >= 4 is 6.03 Å². The lowest BCUT2D eigenvalue weighted by Crippen LogP contribution is -2.43. The van der Waals surface area contributed by atoms with Gasteiger partial charge in [0.1, 0.15) is 5.76 Å². The van der Waals surface area contributed by atoms with E-state index in [0.717, 1.165) is 31.9 Å². The fourth-order valence-corrected chi connectivity index (χ4v) is 3.38. The van der Waals surface area contributed by atoms with Crippen LogP contribution < -0.4 is 5.32 Å². The zero-order valence-electron chi connectivity index (χ0n) is 14.9. The summed E-state index contributed by atoms with van der Waals surface area (Å²) in [7, 11) is 1.79. The first-order valence-electron chi connectivity index (χ1n) is 8.98. The Balaban J connectivity index is 1.42. The van der Waals surface area contributed by atoms with E-state index in [1.807, 2.05) is 12.1 Å². The highest BCUT2D eigenvalue weighted by Gasteiger charge is 2.21. The van der Waals surface area contributed by atoms with Crippen LogP contribution in [0.15, 0.2) is 53.1 Å². The van der Waals surface area contributed by atoms with Gasteiger partial charge in [-0.3, -0.25) is 4.90 Å². The molecule has 134 valence electrons. The van der Waals surface area contributed by atoms with Crippen LogP contribution in [0.3, 0.4) is 0 Å². The normalized spacial score (nSPS) is 18.0. The van der Waals surface area contributed by atoms with Gasteiger partial charge >= 0.3 is 6.03 Å². The highest BCUT2D eigenvalue weighted by atomic mass is 16.3. The Morgan fingerprint density at radius 3 is 2.88 bits per heavy atom. The quantitative estimate of drug-likeness (QED) is 0.877. The predicted molar refractivity (Wildman–Crippen MR) is 98.0 cm³/mol. The Morgan fingerprint density at radius 2 is 2.12 bits per heavy atom. The molecule has 5 nitrogen and oxygen atoms in total. The Morgan fingerprint density at radius 1 is 1.28 bits per heavy atom. The fraction of sp³-hybridized carbons (Fsp3) is 0.450. The van der Waals surface area contributed by atoms with Crippen LogP contribution in [-0.2, 0) is 13.1 Å². The number of amides is 2. The van der Waals surface area contributed by atoms with Crippen molar-refractivity contribution in [1.29, 1.82) is 0 Å². The Labute approximate surface area is 149 Å². The van der Waals surface area contributed by atoms with Crippen molar-refractivity contribution in [2.75, 3.05) is 26.7 Å². The van der Waals surface area contributed by atoms with Crippen LogP contribution in [0.4, 0.5) is 4.79 Å². The van der Waals surface area contributed by atoms with Gasteiger partial charge in [0.05, 0.1) is 12.8 Å². The number of nitrogens with one attached hydrogen (secondary N) is 1. The van der Waals surface area contributed by atoms with Crippen molar-refractivity contribution in [1.82, 2.24) is 15.1 Å². The van der Waals surface area contributed by atoms with Gasteiger partial charge in [0.2, 0.25) is 0 Å². The number of furan rings is 1. The summed E-state index contributed by atoms with van der Waals surface area (Å²) in [5.41, 5.74) is 1.35. The van der Waals surface area contributed by atoms with E-state index in [0.29, 0.717) is 12.5 Å². The van der Waals surface area contributed by atoms with Gasteiger partial charge in [-0.2, -0.15) is 0 Å². The molecule has 1 unspecified atom stereocenters. The molecule has 0 bridgehead atoms. The molecule has 0 saturated carbocycles. The summed E-state index contributed by atoms with van der Waals surface area (Å²) in [4.78, 5) is 16.4. The van der Waals surface area contributed by atoms with Crippen LogP contribution >= 0.6 is 0 Å². The van der Waals surface area contributed by atoms with Crippen LogP contribution in [-0.4, -0.2) is 42.5 Å². The molecule has 5 heteroatoms. The number of nitrogens with zero attached hydrogens (tertiary/aromatic N) is 2. The SMILES string of the molecule is CN(Cc1ccco1)C(=O)NCC1CCCN(Cc2ccccc2)C1. The Bertz CT molecular complexity index is 642. The van der Waals surface area contributed by atoms with Gasteiger partial charge in [0, 0.05) is 26.7 Å². The molecule has 1 aromatic carbocycles. The average Bonchev–Trinajstić information content (AvgIpc) is 3.14. The van der Waals surface area contributed by atoms with Gasteiger partial charge in [-0.25, -0.2) is 4.79 Å². The summed E-state index contributed by atoms with van der Waals surface area (Å²) < 4.78 is 5.29. The molecule has 1 N–H and O–H groups in total. The van der Waals surface area contributed by atoms with Gasteiger partial charge in [0.15, 0.2) is 0 Å². The Hall–Kier alpha value is -2.27. The smallest absolute Gasteiger partial charge is 0.317 e.